The van der Waals surface area contributed by atoms with Crippen LogP contribution in [-0.2, 0) is 9.59 Å². The smallest absolute Gasteiger partial charge is 0.244 e. The molecule has 0 saturated heterocycles. The van der Waals surface area contributed by atoms with Crippen molar-refractivity contribution in [1.29, 1.82) is 0 Å². The second-order valence-electron chi connectivity index (χ2n) is 6.76. The lowest BCUT2D eigenvalue weighted by molar-refractivity contribution is -0.132. The molecule has 0 heterocycles. The molecule has 2 rings (SSSR count). The number of hydrogen-bond donors (Lipinski definition) is 1. The van der Waals surface area contributed by atoms with Crippen LogP contribution in [0.5, 0.6) is 17.2 Å². The minimum absolute atomic E-state index is 0.000721. The van der Waals surface area contributed by atoms with E-state index in [4.69, 9.17) is 14.2 Å². The quantitative estimate of drug-likeness (QED) is 0.654. The Labute approximate surface area is 166 Å². The van der Waals surface area contributed by atoms with Crippen LogP contribution in [0.3, 0.4) is 0 Å². The fourth-order valence-corrected chi connectivity index (χ4v) is 3.29. The van der Waals surface area contributed by atoms with Crippen molar-refractivity contribution in [2.45, 2.75) is 39.0 Å². The van der Waals surface area contributed by atoms with Crippen molar-refractivity contribution in [2.75, 3.05) is 39.7 Å². The zero-order valence-electron chi connectivity index (χ0n) is 17.2. The van der Waals surface area contributed by atoms with Crippen molar-refractivity contribution in [3.8, 4) is 17.2 Å². The number of amides is 2. The molecular weight excluding hydrogens is 360 g/mol. The van der Waals surface area contributed by atoms with Crippen molar-refractivity contribution < 1.29 is 23.8 Å². The first-order valence-electron chi connectivity index (χ1n) is 9.51. The summed E-state index contributed by atoms with van der Waals surface area (Å²) in [5.74, 6) is 0.960. The first kappa shape index (κ1) is 21.6. The molecule has 0 atom stereocenters. The number of allylic oxidation sites excluding steroid dienone is 1. The molecule has 7 nitrogen and oxygen atoms in total. The van der Waals surface area contributed by atoms with Gasteiger partial charge in [0.2, 0.25) is 17.6 Å². The first-order chi connectivity index (χ1) is 13.5. The number of carbonyl (C=O) groups excluding carboxylic acids is 2. The lowest BCUT2D eigenvalue weighted by Crippen LogP contribution is -2.37. The summed E-state index contributed by atoms with van der Waals surface area (Å²) in [6.45, 7) is 2.03. The molecule has 0 saturated carbocycles. The molecule has 2 amide bonds. The second-order valence-corrected chi connectivity index (χ2v) is 6.76. The zero-order valence-corrected chi connectivity index (χ0v) is 17.2. The van der Waals surface area contributed by atoms with Crippen LogP contribution in [0, 0.1) is 0 Å². The number of benzene rings is 1. The summed E-state index contributed by atoms with van der Waals surface area (Å²) in [5.41, 5.74) is 1.89. The average Bonchev–Trinajstić information content (AvgIpc) is 2.70. The Morgan fingerprint density at radius 3 is 2.25 bits per heavy atom. The number of anilines is 1. The van der Waals surface area contributed by atoms with E-state index < -0.39 is 0 Å². The minimum Gasteiger partial charge on any atom is -0.493 e. The molecule has 0 fully saturated rings. The van der Waals surface area contributed by atoms with E-state index in [0.717, 1.165) is 19.3 Å². The van der Waals surface area contributed by atoms with Gasteiger partial charge < -0.3 is 24.4 Å². The highest BCUT2D eigenvalue weighted by molar-refractivity contribution is 5.94. The Hall–Kier alpha value is -2.70. The number of methoxy groups -OCH3 is 3. The number of rotatable bonds is 9. The van der Waals surface area contributed by atoms with Crippen molar-refractivity contribution in [2.24, 2.45) is 0 Å². The molecule has 1 aliphatic carbocycles. The van der Waals surface area contributed by atoms with E-state index >= 15 is 0 Å². The van der Waals surface area contributed by atoms with Gasteiger partial charge in [0.05, 0.1) is 27.9 Å². The van der Waals surface area contributed by atoms with E-state index in [-0.39, 0.29) is 18.4 Å². The molecule has 0 aromatic heterocycles. The van der Waals surface area contributed by atoms with Gasteiger partial charge in [0.25, 0.3) is 0 Å². The number of nitrogens with one attached hydrogen (secondary N) is 1. The van der Waals surface area contributed by atoms with Gasteiger partial charge in [0, 0.05) is 31.3 Å². The van der Waals surface area contributed by atoms with Gasteiger partial charge in [-0.1, -0.05) is 11.6 Å². The molecule has 0 radical (unpaired) electrons. The lowest BCUT2D eigenvalue weighted by atomic mass is 9.97. The third-order valence-electron chi connectivity index (χ3n) is 4.82. The van der Waals surface area contributed by atoms with Crippen LogP contribution in [0.2, 0.25) is 0 Å². The average molecular weight is 390 g/mol. The molecule has 0 unspecified atom stereocenters. The van der Waals surface area contributed by atoms with E-state index in [9.17, 15) is 9.59 Å². The highest BCUT2D eigenvalue weighted by Crippen LogP contribution is 2.39. The van der Waals surface area contributed by atoms with E-state index in [2.05, 4.69) is 11.4 Å². The first-order valence-corrected chi connectivity index (χ1v) is 9.51. The van der Waals surface area contributed by atoms with Gasteiger partial charge in [-0.05, 0) is 32.1 Å². The monoisotopic (exact) mass is 390 g/mol. The maximum atomic E-state index is 12.5. The highest BCUT2D eigenvalue weighted by atomic mass is 16.5. The summed E-state index contributed by atoms with van der Waals surface area (Å²) >= 11 is 0. The number of hydrogen-bond acceptors (Lipinski definition) is 5. The predicted molar refractivity (Wildman–Crippen MR) is 108 cm³/mol. The summed E-state index contributed by atoms with van der Waals surface area (Å²) in [5, 5.41) is 2.80. The third kappa shape index (κ3) is 5.90. The molecule has 1 aliphatic rings. The lowest BCUT2D eigenvalue weighted by Gasteiger charge is -2.22. The largest absolute Gasteiger partial charge is 0.493 e. The Kier molecular flexibility index (Phi) is 8.17. The van der Waals surface area contributed by atoms with Crippen LogP contribution < -0.4 is 19.5 Å². The van der Waals surface area contributed by atoms with Gasteiger partial charge in [0.15, 0.2) is 11.5 Å². The number of carbonyl (C=O) groups is 2. The van der Waals surface area contributed by atoms with E-state index in [1.165, 1.54) is 46.7 Å². The van der Waals surface area contributed by atoms with Gasteiger partial charge in [-0.25, -0.2) is 0 Å². The molecule has 1 N–H and O–H groups in total. The SMILES string of the molecule is COc1cc(NC(=O)CN(CCC2=CCCCC2)C(C)=O)cc(OC)c1OC. The summed E-state index contributed by atoms with van der Waals surface area (Å²) in [6, 6.07) is 3.31. The molecule has 28 heavy (non-hydrogen) atoms. The van der Waals surface area contributed by atoms with Crippen LogP contribution in [0.25, 0.3) is 0 Å². The summed E-state index contributed by atoms with van der Waals surface area (Å²) in [6.07, 6.45) is 7.71. The maximum absolute atomic E-state index is 12.5. The van der Waals surface area contributed by atoms with Crippen LogP contribution in [0.1, 0.15) is 39.0 Å². The molecule has 0 bridgehead atoms. The second kappa shape index (κ2) is 10.6. The fourth-order valence-electron chi connectivity index (χ4n) is 3.29. The number of ether oxygens (including phenoxy) is 3. The summed E-state index contributed by atoms with van der Waals surface area (Å²) in [7, 11) is 4.55. The molecule has 0 aliphatic heterocycles. The zero-order chi connectivity index (χ0) is 20.5. The molecular formula is C21H30N2O5. The molecule has 1 aromatic carbocycles. The highest BCUT2D eigenvalue weighted by Gasteiger charge is 2.17. The summed E-state index contributed by atoms with van der Waals surface area (Å²) in [4.78, 5) is 26.0. The fraction of sp³-hybridized carbons (Fsp3) is 0.524. The minimum atomic E-state index is -0.276. The van der Waals surface area contributed by atoms with Crippen molar-refractivity contribution in [1.82, 2.24) is 4.90 Å². The Morgan fingerprint density at radius 1 is 1.07 bits per heavy atom. The normalized spacial score (nSPS) is 13.4. The van der Waals surface area contributed by atoms with Gasteiger partial charge in [0.1, 0.15) is 0 Å². The predicted octanol–water partition coefficient (Wildman–Crippen LogP) is 3.39. The Bertz CT molecular complexity index is 705. The van der Waals surface area contributed by atoms with Crippen LogP contribution in [0.15, 0.2) is 23.8 Å². The van der Waals surface area contributed by atoms with E-state index in [1.54, 1.807) is 17.0 Å². The van der Waals surface area contributed by atoms with Gasteiger partial charge in [-0.15, -0.1) is 0 Å². The van der Waals surface area contributed by atoms with Crippen LogP contribution in [-0.4, -0.2) is 51.1 Å². The molecule has 7 heteroatoms. The Balaban J connectivity index is 2.02. The molecule has 0 spiro atoms. The van der Waals surface area contributed by atoms with E-state index in [0.29, 0.717) is 29.5 Å². The molecule has 154 valence electrons. The van der Waals surface area contributed by atoms with Crippen molar-refractivity contribution in [3.63, 3.8) is 0 Å². The Morgan fingerprint density at radius 2 is 1.75 bits per heavy atom. The van der Waals surface area contributed by atoms with E-state index in [1.807, 2.05) is 0 Å². The van der Waals surface area contributed by atoms with Crippen molar-refractivity contribution >= 4 is 17.5 Å². The molecule has 1 aromatic rings. The van der Waals surface area contributed by atoms with Crippen LogP contribution >= 0.6 is 0 Å². The van der Waals surface area contributed by atoms with Gasteiger partial charge >= 0.3 is 0 Å². The topological polar surface area (TPSA) is 77.1 Å². The number of nitrogens with zero attached hydrogens (tertiary/aromatic N) is 1. The van der Waals surface area contributed by atoms with Crippen LogP contribution in [0.4, 0.5) is 5.69 Å². The maximum Gasteiger partial charge on any atom is 0.244 e. The standard InChI is InChI=1S/C21H30N2O5/c1-15(24)23(11-10-16-8-6-5-7-9-16)14-20(25)22-17-12-18(26-2)21(28-4)19(13-17)27-3/h8,12-13H,5-7,9-11,14H2,1-4H3,(H,22,25). The third-order valence-corrected chi connectivity index (χ3v) is 4.82. The van der Waals surface area contributed by atoms with Crippen molar-refractivity contribution in [3.05, 3.63) is 23.8 Å². The van der Waals surface area contributed by atoms with Gasteiger partial charge in [-0.2, -0.15) is 0 Å². The van der Waals surface area contributed by atoms with Gasteiger partial charge in [-0.3, -0.25) is 9.59 Å². The summed E-state index contributed by atoms with van der Waals surface area (Å²) < 4.78 is 15.9.